The van der Waals surface area contributed by atoms with E-state index in [0.29, 0.717) is 6.42 Å². The molecule has 2 nitrogen and oxygen atoms in total. The van der Waals surface area contributed by atoms with Crippen molar-refractivity contribution in [2.75, 3.05) is 0 Å². The summed E-state index contributed by atoms with van der Waals surface area (Å²) in [6.45, 7) is 0. The first kappa shape index (κ1) is 12.8. The fraction of sp³-hybridized carbons (Fsp3) is 0.312. The highest BCUT2D eigenvalue weighted by atomic mass is 79.9. The lowest BCUT2D eigenvalue weighted by Gasteiger charge is -2.12. The van der Waals surface area contributed by atoms with Gasteiger partial charge in [0.2, 0.25) is 0 Å². The molecule has 3 heteroatoms. The lowest BCUT2D eigenvalue weighted by molar-refractivity contribution is 0.178. The van der Waals surface area contributed by atoms with Crippen LogP contribution < -0.4 is 0 Å². The van der Waals surface area contributed by atoms with Gasteiger partial charge in [-0.1, -0.05) is 24.3 Å². The molecule has 98 valence electrons. The van der Waals surface area contributed by atoms with Gasteiger partial charge in [-0.05, 0) is 57.4 Å². The van der Waals surface area contributed by atoms with E-state index < -0.39 is 6.10 Å². The van der Waals surface area contributed by atoms with Crippen LogP contribution in [0.5, 0.6) is 0 Å². The number of hydrogen-bond acceptors (Lipinski definition) is 2. The number of pyridine rings is 1. The van der Waals surface area contributed by atoms with Crippen LogP contribution in [0.25, 0.3) is 0 Å². The third-order valence-corrected chi connectivity index (χ3v) is 3.97. The van der Waals surface area contributed by atoms with Crippen molar-refractivity contribution in [3.05, 3.63) is 63.9 Å². The van der Waals surface area contributed by atoms with E-state index in [1.807, 2.05) is 18.2 Å². The third-order valence-electron chi connectivity index (χ3n) is 3.53. The molecule has 1 fully saturated rings. The summed E-state index contributed by atoms with van der Waals surface area (Å²) in [6.07, 6.45) is 6.27. The summed E-state index contributed by atoms with van der Waals surface area (Å²) in [4.78, 5) is 4.13. The Bertz CT molecular complexity index is 580. The van der Waals surface area contributed by atoms with Gasteiger partial charge < -0.3 is 5.11 Å². The molecule has 1 saturated carbocycles. The van der Waals surface area contributed by atoms with E-state index in [2.05, 4.69) is 33.0 Å². The molecular formula is C16H16BrNO. The molecule has 0 aliphatic heterocycles. The Morgan fingerprint density at radius 3 is 2.84 bits per heavy atom. The zero-order valence-corrected chi connectivity index (χ0v) is 12.2. The maximum Gasteiger partial charge on any atom is 0.0831 e. The lowest BCUT2D eigenvalue weighted by Crippen LogP contribution is -2.02. The number of aliphatic hydroxyl groups excluding tert-OH is 1. The molecule has 1 aliphatic carbocycles. The van der Waals surface area contributed by atoms with Gasteiger partial charge in [0.1, 0.15) is 0 Å². The molecule has 1 aromatic heterocycles. The van der Waals surface area contributed by atoms with Crippen LogP contribution in [0.15, 0.2) is 47.2 Å². The molecule has 19 heavy (non-hydrogen) atoms. The molecule has 3 rings (SSSR count). The third kappa shape index (κ3) is 3.23. The van der Waals surface area contributed by atoms with Crippen LogP contribution in [-0.4, -0.2) is 10.1 Å². The second kappa shape index (κ2) is 5.43. The van der Waals surface area contributed by atoms with Crippen LogP contribution in [0.3, 0.4) is 0 Å². The normalized spacial score (nSPS) is 16.3. The summed E-state index contributed by atoms with van der Waals surface area (Å²) in [5.74, 6) is 0.722. The fourth-order valence-electron chi connectivity index (χ4n) is 2.35. The Balaban J connectivity index is 1.76. The fourth-order valence-corrected chi connectivity index (χ4v) is 2.76. The molecule has 1 unspecified atom stereocenters. The predicted octanol–water partition coefficient (Wildman–Crippen LogP) is 4.00. The Morgan fingerprint density at radius 2 is 2.11 bits per heavy atom. The van der Waals surface area contributed by atoms with Crippen LogP contribution in [-0.2, 0) is 6.42 Å². The van der Waals surface area contributed by atoms with Gasteiger partial charge >= 0.3 is 0 Å². The van der Waals surface area contributed by atoms with Gasteiger partial charge in [0.05, 0.1) is 6.10 Å². The van der Waals surface area contributed by atoms with Crippen LogP contribution in [0.4, 0.5) is 0 Å². The van der Waals surface area contributed by atoms with E-state index >= 15 is 0 Å². The quantitative estimate of drug-likeness (QED) is 0.924. The minimum absolute atomic E-state index is 0.463. The van der Waals surface area contributed by atoms with Crippen LogP contribution in [0, 0.1) is 0 Å². The maximum atomic E-state index is 10.3. The first-order chi connectivity index (χ1) is 9.22. The lowest BCUT2D eigenvalue weighted by atomic mass is 9.99. The van der Waals surface area contributed by atoms with Gasteiger partial charge in [0.25, 0.3) is 0 Å². The van der Waals surface area contributed by atoms with Crippen LogP contribution >= 0.6 is 15.9 Å². The summed E-state index contributed by atoms with van der Waals surface area (Å²) in [5, 5.41) is 10.3. The van der Waals surface area contributed by atoms with Gasteiger partial charge in [-0.15, -0.1) is 0 Å². The second-order valence-corrected chi connectivity index (χ2v) is 6.09. The molecule has 0 radical (unpaired) electrons. The topological polar surface area (TPSA) is 33.1 Å². The SMILES string of the molecule is OC(Cc1cncc(Br)c1)c1cccc(C2CC2)c1. The Morgan fingerprint density at radius 1 is 1.26 bits per heavy atom. The molecule has 1 atom stereocenters. The second-order valence-electron chi connectivity index (χ2n) is 5.18. The largest absolute Gasteiger partial charge is 0.388 e. The van der Waals surface area contributed by atoms with Gasteiger partial charge in [-0.2, -0.15) is 0 Å². The van der Waals surface area contributed by atoms with Crippen molar-refractivity contribution < 1.29 is 5.11 Å². The van der Waals surface area contributed by atoms with Crippen molar-refractivity contribution in [1.29, 1.82) is 0 Å². The minimum Gasteiger partial charge on any atom is -0.388 e. The predicted molar refractivity (Wildman–Crippen MR) is 79.0 cm³/mol. The molecule has 0 amide bonds. The van der Waals surface area contributed by atoms with Crippen molar-refractivity contribution in [3.63, 3.8) is 0 Å². The van der Waals surface area contributed by atoms with Crippen molar-refractivity contribution >= 4 is 15.9 Å². The van der Waals surface area contributed by atoms with E-state index in [-0.39, 0.29) is 0 Å². The standard InChI is InChI=1S/C16H16BrNO/c17-15-6-11(9-18-10-15)7-16(19)14-3-1-2-13(8-14)12-4-5-12/h1-3,6,8-10,12,16,19H,4-5,7H2. The number of aromatic nitrogens is 1. The monoisotopic (exact) mass is 317 g/mol. The molecule has 1 aliphatic rings. The molecule has 0 spiro atoms. The van der Waals surface area contributed by atoms with Crippen molar-refractivity contribution in [3.8, 4) is 0 Å². The number of aliphatic hydroxyl groups is 1. The summed E-state index contributed by atoms with van der Waals surface area (Å²) in [5.41, 5.74) is 3.41. The summed E-state index contributed by atoms with van der Waals surface area (Å²) in [6, 6.07) is 10.4. The number of hydrogen-bond donors (Lipinski definition) is 1. The molecule has 0 bridgehead atoms. The molecule has 1 N–H and O–H groups in total. The average molecular weight is 318 g/mol. The van der Waals surface area contributed by atoms with Crippen LogP contribution in [0.2, 0.25) is 0 Å². The van der Waals surface area contributed by atoms with E-state index in [1.54, 1.807) is 12.4 Å². The van der Waals surface area contributed by atoms with E-state index in [0.717, 1.165) is 21.5 Å². The Kier molecular flexibility index (Phi) is 3.67. The summed E-state index contributed by atoms with van der Waals surface area (Å²) >= 11 is 3.40. The number of rotatable bonds is 4. The molecule has 0 saturated heterocycles. The van der Waals surface area contributed by atoms with Gasteiger partial charge in [-0.3, -0.25) is 4.98 Å². The molecule has 1 aromatic carbocycles. The number of halogens is 1. The smallest absolute Gasteiger partial charge is 0.0831 e. The molecular weight excluding hydrogens is 302 g/mol. The molecule has 1 heterocycles. The Hall–Kier alpha value is -1.19. The van der Waals surface area contributed by atoms with E-state index in [9.17, 15) is 5.11 Å². The van der Waals surface area contributed by atoms with Gasteiger partial charge in [-0.25, -0.2) is 0 Å². The van der Waals surface area contributed by atoms with Crippen molar-refractivity contribution in [1.82, 2.24) is 4.98 Å². The molecule has 2 aromatic rings. The first-order valence-electron chi connectivity index (χ1n) is 6.60. The summed E-state index contributed by atoms with van der Waals surface area (Å²) < 4.78 is 0.948. The highest BCUT2D eigenvalue weighted by Gasteiger charge is 2.24. The van der Waals surface area contributed by atoms with E-state index in [1.165, 1.54) is 18.4 Å². The zero-order valence-electron chi connectivity index (χ0n) is 10.6. The van der Waals surface area contributed by atoms with Gasteiger partial charge in [0, 0.05) is 23.3 Å². The first-order valence-corrected chi connectivity index (χ1v) is 7.39. The van der Waals surface area contributed by atoms with Crippen molar-refractivity contribution in [2.45, 2.75) is 31.3 Å². The summed E-state index contributed by atoms with van der Waals surface area (Å²) in [7, 11) is 0. The highest BCUT2D eigenvalue weighted by Crippen LogP contribution is 2.40. The number of benzene rings is 1. The minimum atomic E-state index is -0.463. The van der Waals surface area contributed by atoms with Gasteiger partial charge in [0.15, 0.2) is 0 Å². The highest BCUT2D eigenvalue weighted by molar-refractivity contribution is 9.10. The van der Waals surface area contributed by atoms with Crippen molar-refractivity contribution in [2.24, 2.45) is 0 Å². The van der Waals surface area contributed by atoms with Crippen LogP contribution in [0.1, 0.15) is 41.6 Å². The maximum absolute atomic E-state index is 10.3. The van der Waals surface area contributed by atoms with E-state index in [4.69, 9.17) is 0 Å². The average Bonchev–Trinajstić information content (AvgIpc) is 3.23. The number of nitrogens with zero attached hydrogens (tertiary/aromatic N) is 1. The Labute approximate surface area is 121 Å². The zero-order chi connectivity index (χ0) is 13.2.